The molecule has 0 aliphatic rings. The minimum atomic E-state index is -3.86. The van der Waals surface area contributed by atoms with Gasteiger partial charge in [-0.05, 0) is 12.8 Å². The summed E-state index contributed by atoms with van der Waals surface area (Å²) in [6.45, 7) is 0.683. The lowest BCUT2D eigenvalue weighted by molar-refractivity contribution is 0.370. The van der Waals surface area contributed by atoms with E-state index in [0.717, 1.165) is 19.3 Å². The second-order valence-corrected chi connectivity index (χ2v) is 6.42. The first-order chi connectivity index (χ1) is 9.47. The minimum Gasteiger partial charge on any atom is -0.324 e. The van der Waals surface area contributed by atoms with Crippen molar-refractivity contribution in [1.82, 2.24) is 19.5 Å². The van der Waals surface area contributed by atoms with E-state index in [-0.39, 0.29) is 11.7 Å². The Hall–Kier alpha value is -1.50. The van der Waals surface area contributed by atoms with Crippen molar-refractivity contribution in [3.8, 4) is 0 Å². The van der Waals surface area contributed by atoms with Crippen LogP contribution in [0.2, 0.25) is 0 Å². The average molecular weight is 300 g/mol. The number of aromatic nitrogens is 4. The van der Waals surface area contributed by atoms with Crippen LogP contribution in [0.1, 0.15) is 25.7 Å². The summed E-state index contributed by atoms with van der Waals surface area (Å²) >= 11 is 0. The van der Waals surface area contributed by atoms with E-state index in [9.17, 15) is 9.36 Å². The molecule has 0 aliphatic carbocycles. The largest absolute Gasteiger partial charge is 0.325 e. The average Bonchev–Trinajstić information content (AvgIpc) is 2.77. The number of H-pyrrole nitrogens is 1. The molecule has 2 aromatic heterocycles. The molecule has 0 aromatic carbocycles. The molecule has 0 saturated heterocycles. The number of hydrogen-bond donors (Lipinski definition) is 3. The smallest absolute Gasteiger partial charge is 0.324 e. The summed E-state index contributed by atoms with van der Waals surface area (Å²) < 4.78 is 12.5. The Morgan fingerprint density at radius 3 is 2.70 bits per heavy atom. The van der Waals surface area contributed by atoms with Crippen LogP contribution < -0.4 is 5.56 Å². The quantitative estimate of drug-likeness (QED) is 0.515. The van der Waals surface area contributed by atoms with E-state index in [2.05, 4.69) is 15.0 Å². The van der Waals surface area contributed by atoms with Crippen LogP contribution in [0.3, 0.4) is 0 Å². The van der Waals surface area contributed by atoms with E-state index in [1.165, 1.54) is 6.33 Å². The van der Waals surface area contributed by atoms with Crippen LogP contribution in [0.4, 0.5) is 0 Å². The fraction of sp³-hybridized carbons (Fsp3) is 0.545. The molecule has 110 valence electrons. The van der Waals surface area contributed by atoms with Gasteiger partial charge in [-0.3, -0.25) is 9.36 Å². The molecule has 0 fully saturated rings. The molecule has 0 bridgehead atoms. The highest BCUT2D eigenvalue weighted by Crippen LogP contribution is 2.35. The lowest BCUT2D eigenvalue weighted by Crippen LogP contribution is -2.07. The van der Waals surface area contributed by atoms with Gasteiger partial charge in [0.15, 0.2) is 11.2 Å². The predicted octanol–water partition coefficient (Wildman–Crippen LogP) is 0.858. The zero-order valence-electron chi connectivity index (χ0n) is 10.9. The number of nitrogens with one attached hydrogen (secondary N) is 1. The van der Waals surface area contributed by atoms with Gasteiger partial charge in [-0.2, -0.15) is 0 Å². The van der Waals surface area contributed by atoms with Gasteiger partial charge in [0.1, 0.15) is 0 Å². The Bertz CT molecular complexity index is 674. The second kappa shape index (κ2) is 6.30. The van der Waals surface area contributed by atoms with E-state index < -0.39 is 7.60 Å². The molecule has 2 rings (SSSR count). The van der Waals surface area contributed by atoms with Crippen molar-refractivity contribution in [1.29, 1.82) is 0 Å². The number of rotatable bonds is 7. The number of nitrogens with zero attached hydrogens (tertiary/aromatic N) is 3. The summed E-state index contributed by atoms with van der Waals surface area (Å²) in [6.07, 6.45) is 5.88. The topological polar surface area (TPSA) is 121 Å². The summed E-state index contributed by atoms with van der Waals surface area (Å²) in [4.78, 5) is 39.5. The van der Waals surface area contributed by atoms with Gasteiger partial charge in [0, 0.05) is 12.7 Å². The summed E-state index contributed by atoms with van der Waals surface area (Å²) in [5.74, 6) is 0. The number of aryl methyl sites for hydroxylation is 1. The molecule has 3 N–H and O–H groups in total. The molecule has 0 saturated carbocycles. The number of unbranched alkanes of at least 4 members (excludes halogenated alkanes) is 3. The zero-order chi connectivity index (χ0) is 14.6. The maximum absolute atomic E-state index is 11.5. The molecule has 2 aromatic rings. The highest BCUT2D eigenvalue weighted by molar-refractivity contribution is 7.51. The van der Waals surface area contributed by atoms with Gasteiger partial charge in [0.05, 0.1) is 12.7 Å². The third-order valence-electron chi connectivity index (χ3n) is 3.01. The van der Waals surface area contributed by atoms with Gasteiger partial charge in [-0.1, -0.05) is 12.8 Å². The van der Waals surface area contributed by atoms with Crippen LogP contribution in [-0.4, -0.2) is 35.5 Å². The first kappa shape index (κ1) is 14.9. The Balaban J connectivity index is 1.81. The summed E-state index contributed by atoms with van der Waals surface area (Å²) in [6, 6.07) is 0. The first-order valence-electron chi connectivity index (χ1n) is 6.40. The van der Waals surface area contributed by atoms with E-state index >= 15 is 0 Å². The highest BCUT2D eigenvalue weighted by Gasteiger charge is 2.11. The van der Waals surface area contributed by atoms with E-state index in [4.69, 9.17) is 9.79 Å². The van der Waals surface area contributed by atoms with Gasteiger partial charge in [-0.15, -0.1) is 0 Å². The molecule has 0 unspecified atom stereocenters. The summed E-state index contributed by atoms with van der Waals surface area (Å²) in [5, 5.41) is 0. The Kier molecular flexibility index (Phi) is 4.69. The van der Waals surface area contributed by atoms with Gasteiger partial charge in [0.2, 0.25) is 0 Å². The van der Waals surface area contributed by atoms with Crippen LogP contribution >= 0.6 is 7.60 Å². The highest BCUT2D eigenvalue weighted by atomic mass is 31.2. The number of fused-ring (bicyclic) bond motifs is 1. The molecule has 20 heavy (non-hydrogen) atoms. The van der Waals surface area contributed by atoms with Crippen molar-refractivity contribution in [3.05, 3.63) is 23.0 Å². The number of aromatic amines is 1. The number of imidazole rings is 1. The van der Waals surface area contributed by atoms with Crippen molar-refractivity contribution >= 4 is 18.8 Å². The molecular formula is C11H17N4O4P. The third kappa shape index (κ3) is 4.00. The molecule has 0 amide bonds. The van der Waals surface area contributed by atoms with Gasteiger partial charge in [-0.25, -0.2) is 9.97 Å². The van der Waals surface area contributed by atoms with Crippen molar-refractivity contribution in [3.63, 3.8) is 0 Å². The monoisotopic (exact) mass is 300 g/mol. The van der Waals surface area contributed by atoms with Crippen LogP contribution in [0.25, 0.3) is 11.2 Å². The molecule has 0 aliphatic heterocycles. The van der Waals surface area contributed by atoms with Gasteiger partial charge >= 0.3 is 7.60 Å². The van der Waals surface area contributed by atoms with Crippen molar-refractivity contribution in [2.75, 3.05) is 6.16 Å². The molecular weight excluding hydrogens is 283 g/mol. The number of hydrogen-bond acceptors (Lipinski definition) is 4. The SMILES string of the molecule is O=c1[nH]cnc2c1ncn2CCCCCCP(=O)(O)O. The fourth-order valence-corrected chi connectivity index (χ4v) is 2.64. The lowest BCUT2D eigenvalue weighted by Gasteiger charge is -2.05. The molecule has 0 spiro atoms. The molecule has 9 heteroatoms. The normalized spacial score (nSPS) is 12.1. The minimum absolute atomic E-state index is 0.0576. The van der Waals surface area contributed by atoms with Crippen molar-refractivity contribution < 1.29 is 14.4 Å². The van der Waals surface area contributed by atoms with E-state index in [1.54, 1.807) is 6.33 Å². The third-order valence-corrected chi connectivity index (χ3v) is 3.90. The Labute approximate surface area is 115 Å². The van der Waals surface area contributed by atoms with E-state index in [1.807, 2.05) is 4.57 Å². The zero-order valence-corrected chi connectivity index (χ0v) is 11.8. The molecule has 8 nitrogen and oxygen atoms in total. The van der Waals surface area contributed by atoms with Crippen LogP contribution in [0.5, 0.6) is 0 Å². The standard InChI is InChI=1S/C11H17N4O4P/c16-11-9-10(12-7-13-11)15(8-14-9)5-3-1-2-4-6-20(17,18)19/h7-8H,1-6H2,(H,12,13,16)(H2,17,18,19). The fourth-order valence-electron chi connectivity index (χ4n) is 2.01. The van der Waals surface area contributed by atoms with Crippen LogP contribution in [0, 0.1) is 0 Å². The first-order valence-corrected chi connectivity index (χ1v) is 8.20. The van der Waals surface area contributed by atoms with Gasteiger partial charge < -0.3 is 19.3 Å². The Morgan fingerprint density at radius 1 is 1.20 bits per heavy atom. The predicted molar refractivity (Wildman–Crippen MR) is 73.5 cm³/mol. The molecule has 2 heterocycles. The summed E-state index contributed by atoms with van der Waals surface area (Å²) in [5.41, 5.74) is 0.633. The van der Waals surface area contributed by atoms with Gasteiger partial charge in [0.25, 0.3) is 5.56 Å². The van der Waals surface area contributed by atoms with Crippen molar-refractivity contribution in [2.24, 2.45) is 0 Å². The molecule has 0 atom stereocenters. The van der Waals surface area contributed by atoms with Crippen LogP contribution in [-0.2, 0) is 11.1 Å². The van der Waals surface area contributed by atoms with E-state index in [0.29, 0.717) is 24.1 Å². The maximum Gasteiger partial charge on any atom is 0.325 e. The maximum atomic E-state index is 11.5. The lowest BCUT2D eigenvalue weighted by atomic mass is 10.2. The Morgan fingerprint density at radius 2 is 1.95 bits per heavy atom. The second-order valence-electron chi connectivity index (χ2n) is 4.64. The van der Waals surface area contributed by atoms with Crippen LogP contribution in [0.15, 0.2) is 17.4 Å². The molecule has 0 radical (unpaired) electrons. The summed E-state index contributed by atoms with van der Waals surface area (Å²) in [7, 11) is -3.86. The van der Waals surface area contributed by atoms with Crippen molar-refractivity contribution in [2.45, 2.75) is 32.2 Å².